The summed E-state index contributed by atoms with van der Waals surface area (Å²) in [5, 5.41) is 9.52. The van der Waals surface area contributed by atoms with Crippen molar-refractivity contribution in [2.24, 2.45) is 0 Å². The van der Waals surface area contributed by atoms with Crippen molar-refractivity contribution in [3.63, 3.8) is 0 Å². The molecule has 4 heteroatoms. The minimum absolute atomic E-state index is 0.128. The largest absolute Gasteiger partial charge is 0.478 e. The average Bonchev–Trinajstić information content (AvgIpc) is 2.70. The second kappa shape index (κ2) is 12.0. The van der Waals surface area contributed by atoms with E-state index in [2.05, 4.69) is 6.92 Å². The Morgan fingerprint density at radius 1 is 0.857 bits per heavy atom. The quantitative estimate of drug-likeness (QED) is 0.259. The number of unbranched alkanes of at least 4 members (excludes halogenated alkanes) is 7. The number of aromatic carboxylic acids is 1. The van der Waals surface area contributed by atoms with Crippen LogP contribution in [0.2, 0.25) is 0 Å². The summed E-state index contributed by atoms with van der Waals surface area (Å²) in [7, 11) is 0. The number of benzene rings is 2. The highest BCUT2D eigenvalue weighted by Crippen LogP contribution is 2.27. The van der Waals surface area contributed by atoms with E-state index in [1.54, 1.807) is 12.1 Å². The molecule has 0 heterocycles. The first-order chi connectivity index (χ1) is 13.6. The van der Waals surface area contributed by atoms with Gasteiger partial charge in [0, 0.05) is 6.42 Å². The third kappa shape index (κ3) is 7.18. The van der Waals surface area contributed by atoms with Gasteiger partial charge in [0.1, 0.15) is 5.75 Å². The highest BCUT2D eigenvalue weighted by Gasteiger charge is 2.14. The lowest BCUT2D eigenvalue weighted by molar-refractivity contribution is -0.134. The van der Waals surface area contributed by atoms with Gasteiger partial charge in [-0.3, -0.25) is 4.79 Å². The van der Waals surface area contributed by atoms with Gasteiger partial charge in [0.05, 0.1) is 5.56 Å². The van der Waals surface area contributed by atoms with Gasteiger partial charge in [0.2, 0.25) is 0 Å². The number of carbonyl (C=O) groups excluding carboxylic acids is 1. The molecular weight excluding hydrogens is 352 g/mol. The van der Waals surface area contributed by atoms with Gasteiger partial charge in [0.25, 0.3) is 0 Å². The normalized spacial score (nSPS) is 10.6. The molecule has 0 aromatic heterocycles. The molecule has 0 radical (unpaired) electrons. The van der Waals surface area contributed by atoms with Gasteiger partial charge in [-0.05, 0) is 35.7 Å². The second-order valence-electron chi connectivity index (χ2n) is 7.08. The number of carbonyl (C=O) groups is 2. The first-order valence-corrected chi connectivity index (χ1v) is 10.2. The SMILES string of the molecule is CCCCCCCCCCC(=O)Oc1ccc(-c2ccccc2)c(C(=O)O)c1. The lowest BCUT2D eigenvalue weighted by atomic mass is 9.99. The predicted molar refractivity (Wildman–Crippen MR) is 112 cm³/mol. The van der Waals surface area contributed by atoms with Crippen molar-refractivity contribution in [1.29, 1.82) is 0 Å². The Labute approximate surface area is 167 Å². The maximum absolute atomic E-state index is 12.1. The van der Waals surface area contributed by atoms with Crippen LogP contribution in [0.25, 0.3) is 11.1 Å². The van der Waals surface area contributed by atoms with Crippen molar-refractivity contribution in [3.05, 3.63) is 54.1 Å². The van der Waals surface area contributed by atoms with Crippen LogP contribution in [0.1, 0.15) is 75.1 Å². The van der Waals surface area contributed by atoms with Gasteiger partial charge >= 0.3 is 11.9 Å². The summed E-state index contributed by atoms with van der Waals surface area (Å²) in [4.78, 5) is 23.7. The molecule has 0 saturated carbocycles. The average molecular weight is 383 g/mol. The van der Waals surface area contributed by atoms with E-state index in [1.807, 2.05) is 30.3 Å². The minimum atomic E-state index is -1.04. The Bertz CT molecular complexity index is 752. The molecule has 0 aliphatic rings. The molecule has 150 valence electrons. The lowest BCUT2D eigenvalue weighted by Crippen LogP contribution is -2.09. The van der Waals surface area contributed by atoms with Gasteiger partial charge in [-0.25, -0.2) is 4.79 Å². The highest BCUT2D eigenvalue weighted by atomic mass is 16.5. The van der Waals surface area contributed by atoms with Crippen molar-refractivity contribution in [1.82, 2.24) is 0 Å². The topological polar surface area (TPSA) is 63.6 Å². The molecule has 2 aromatic rings. The molecule has 28 heavy (non-hydrogen) atoms. The summed E-state index contributed by atoms with van der Waals surface area (Å²) in [5.74, 6) is -1.07. The van der Waals surface area contributed by atoms with Crippen LogP contribution in [-0.4, -0.2) is 17.0 Å². The third-order valence-electron chi connectivity index (χ3n) is 4.77. The maximum atomic E-state index is 12.1. The smallest absolute Gasteiger partial charge is 0.336 e. The fraction of sp³-hybridized carbons (Fsp3) is 0.417. The van der Waals surface area contributed by atoms with Crippen LogP contribution in [0.4, 0.5) is 0 Å². The number of rotatable bonds is 12. The Kier molecular flexibility index (Phi) is 9.26. The molecule has 0 fully saturated rings. The fourth-order valence-corrected chi connectivity index (χ4v) is 3.22. The molecule has 0 atom stereocenters. The van der Waals surface area contributed by atoms with Crippen LogP contribution in [-0.2, 0) is 4.79 Å². The van der Waals surface area contributed by atoms with Gasteiger partial charge in [-0.1, -0.05) is 82.2 Å². The van der Waals surface area contributed by atoms with E-state index < -0.39 is 5.97 Å². The van der Waals surface area contributed by atoms with E-state index in [9.17, 15) is 14.7 Å². The molecule has 0 aliphatic carbocycles. The zero-order chi connectivity index (χ0) is 20.2. The summed E-state index contributed by atoms with van der Waals surface area (Å²) in [6.45, 7) is 2.21. The molecule has 0 unspecified atom stereocenters. The Morgan fingerprint density at radius 2 is 1.50 bits per heavy atom. The van der Waals surface area contributed by atoms with Crippen molar-refractivity contribution in [3.8, 4) is 16.9 Å². The first kappa shape index (κ1) is 21.7. The Balaban J connectivity index is 1.84. The zero-order valence-corrected chi connectivity index (χ0v) is 16.7. The summed E-state index contributed by atoms with van der Waals surface area (Å²) >= 11 is 0. The Hall–Kier alpha value is -2.62. The van der Waals surface area contributed by atoms with Crippen LogP contribution < -0.4 is 4.74 Å². The third-order valence-corrected chi connectivity index (χ3v) is 4.77. The molecule has 2 rings (SSSR count). The summed E-state index contributed by atoms with van der Waals surface area (Å²) in [5.41, 5.74) is 1.55. The number of ether oxygens (including phenoxy) is 1. The molecule has 0 bridgehead atoms. The van der Waals surface area contributed by atoms with Gasteiger partial charge < -0.3 is 9.84 Å². The number of hydrogen-bond donors (Lipinski definition) is 1. The molecular formula is C24H30O4. The van der Waals surface area contributed by atoms with Crippen LogP contribution in [0.5, 0.6) is 5.75 Å². The molecule has 0 amide bonds. The predicted octanol–water partition coefficient (Wildman–Crippen LogP) is 6.49. The van der Waals surface area contributed by atoms with E-state index in [-0.39, 0.29) is 17.3 Å². The summed E-state index contributed by atoms with van der Waals surface area (Å²) < 4.78 is 5.35. The standard InChI is InChI=1S/C24H30O4/c1-2-3-4-5-6-7-8-12-15-23(25)28-20-16-17-21(22(18-20)24(26)27)19-13-10-9-11-14-19/h9-11,13-14,16-18H,2-8,12,15H2,1H3,(H,26,27). The number of carboxylic acid groups (broad SMARTS) is 1. The minimum Gasteiger partial charge on any atom is -0.478 e. The second-order valence-corrected chi connectivity index (χ2v) is 7.08. The van der Waals surface area contributed by atoms with Crippen molar-refractivity contribution >= 4 is 11.9 Å². The highest BCUT2D eigenvalue weighted by molar-refractivity contribution is 5.96. The van der Waals surface area contributed by atoms with E-state index in [0.717, 1.165) is 24.8 Å². The fourth-order valence-electron chi connectivity index (χ4n) is 3.22. The Morgan fingerprint density at radius 3 is 2.14 bits per heavy atom. The van der Waals surface area contributed by atoms with Crippen LogP contribution in [0.15, 0.2) is 48.5 Å². The van der Waals surface area contributed by atoms with Crippen molar-refractivity contribution in [2.45, 2.75) is 64.7 Å². The van der Waals surface area contributed by atoms with Crippen molar-refractivity contribution < 1.29 is 19.4 Å². The zero-order valence-electron chi connectivity index (χ0n) is 16.7. The molecule has 1 N–H and O–H groups in total. The van der Waals surface area contributed by atoms with Crippen LogP contribution in [0.3, 0.4) is 0 Å². The summed E-state index contributed by atoms with van der Waals surface area (Å²) in [6.07, 6.45) is 9.67. The molecule has 4 nitrogen and oxygen atoms in total. The van der Waals surface area contributed by atoms with Gasteiger partial charge in [-0.15, -0.1) is 0 Å². The maximum Gasteiger partial charge on any atom is 0.336 e. The van der Waals surface area contributed by atoms with E-state index in [4.69, 9.17) is 4.74 Å². The van der Waals surface area contributed by atoms with Gasteiger partial charge in [-0.2, -0.15) is 0 Å². The van der Waals surface area contributed by atoms with Crippen LogP contribution >= 0.6 is 0 Å². The number of esters is 1. The molecule has 0 saturated heterocycles. The lowest BCUT2D eigenvalue weighted by Gasteiger charge is -2.10. The van der Waals surface area contributed by atoms with Crippen molar-refractivity contribution in [2.75, 3.05) is 0 Å². The summed E-state index contributed by atoms with van der Waals surface area (Å²) in [6, 6.07) is 14.1. The van der Waals surface area contributed by atoms with E-state index >= 15 is 0 Å². The van der Waals surface area contributed by atoms with E-state index in [1.165, 1.54) is 38.2 Å². The molecule has 2 aromatic carbocycles. The van der Waals surface area contributed by atoms with E-state index in [0.29, 0.717) is 12.0 Å². The van der Waals surface area contributed by atoms with Gasteiger partial charge in [0.15, 0.2) is 0 Å². The first-order valence-electron chi connectivity index (χ1n) is 10.2. The molecule has 0 aliphatic heterocycles. The molecule has 0 spiro atoms. The number of hydrogen-bond acceptors (Lipinski definition) is 3. The van der Waals surface area contributed by atoms with Crippen LogP contribution in [0, 0.1) is 0 Å². The number of carboxylic acids is 1. The monoisotopic (exact) mass is 382 g/mol.